The van der Waals surface area contributed by atoms with Crippen LogP contribution in [-0.2, 0) is 4.79 Å². The molecule has 2 heterocycles. The lowest BCUT2D eigenvalue weighted by Crippen LogP contribution is -2.52. The molecule has 0 spiro atoms. The van der Waals surface area contributed by atoms with Crippen LogP contribution < -0.4 is 10.6 Å². The van der Waals surface area contributed by atoms with Crippen molar-refractivity contribution in [3.05, 3.63) is 47.0 Å². The van der Waals surface area contributed by atoms with Crippen LogP contribution in [0.5, 0.6) is 0 Å². The molecule has 0 radical (unpaired) electrons. The van der Waals surface area contributed by atoms with Gasteiger partial charge in [-0.3, -0.25) is 9.79 Å². The molecule has 2 aliphatic heterocycles. The molecule has 1 aliphatic carbocycles. The second kappa shape index (κ2) is 8.46. The molecule has 0 aromatic heterocycles. The van der Waals surface area contributed by atoms with E-state index in [1.54, 1.807) is 0 Å². The molecule has 1 aromatic carbocycles. The molecule has 1 aromatic rings. The minimum absolute atomic E-state index is 0.0644. The van der Waals surface area contributed by atoms with Gasteiger partial charge in [-0.1, -0.05) is 36.8 Å². The van der Waals surface area contributed by atoms with Crippen molar-refractivity contribution < 1.29 is 9.59 Å². The zero-order valence-corrected chi connectivity index (χ0v) is 18.9. The van der Waals surface area contributed by atoms with Crippen LogP contribution in [0.25, 0.3) is 0 Å². The highest BCUT2D eigenvalue weighted by Gasteiger charge is 2.46. The van der Waals surface area contributed by atoms with Gasteiger partial charge in [0.25, 0.3) is 0 Å². The number of urea groups is 1. The van der Waals surface area contributed by atoms with E-state index in [-0.39, 0.29) is 23.9 Å². The molecule has 0 unspecified atom stereocenters. The molecule has 166 valence electrons. The van der Waals surface area contributed by atoms with Gasteiger partial charge in [-0.15, -0.1) is 0 Å². The van der Waals surface area contributed by atoms with E-state index in [1.807, 2.05) is 49.3 Å². The Balaban J connectivity index is 1.47. The van der Waals surface area contributed by atoms with E-state index in [0.29, 0.717) is 25.5 Å². The van der Waals surface area contributed by atoms with Gasteiger partial charge in [-0.25, -0.2) is 4.79 Å². The predicted octanol–water partition coefficient (Wildman–Crippen LogP) is 2.72. The summed E-state index contributed by atoms with van der Waals surface area (Å²) < 4.78 is 0. The Bertz CT molecular complexity index is 915. The van der Waals surface area contributed by atoms with E-state index in [9.17, 15) is 9.59 Å². The number of hydrogen-bond donors (Lipinski definition) is 2. The zero-order valence-electron chi connectivity index (χ0n) is 18.9. The average Bonchev–Trinajstić information content (AvgIpc) is 3.18. The van der Waals surface area contributed by atoms with Crippen molar-refractivity contribution in [3.63, 3.8) is 0 Å². The molecule has 2 N–H and O–H groups in total. The molecular formula is C24H33N5O2. The van der Waals surface area contributed by atoms with E-state index < -0.39 is 5.54 Å². The Morgan fingerprint density at radius 1 is 1.23 bits per heavy atom. The number of benzene rings is 1. The number of rotatable bonds is 5. The molecule has 3 aliphatic rings. The van der Waals surface area contributed by atoms with Crippen molar-refractivity contribution >= 4 is 17.8 Å². The minimum atomic E-state index is -0.453. The minimum Gasteiger partial charge on any atom is -0.330 e. The summed E-state index contributed by atoms with van der Waals surface area (Å²) in [6, 6.07) is 9.85. The monoisotopic (exact) mass is 423 g/mol. The van der Waals surface area contributed by atoms with Crippen molar-refractivity contribution in [2.24, 2.45) is 10.9 Å². The maximum atomic E-state index is 13.4. The quantitative estimate of drug-likeness (QED) is 0.765. The number of nitrogens with one attached hydrogen (secondary N) is 2. The lowest BCUT2D eigenvalue weighted by molar-refractivity contribution is -0.125. The number of amidine groups is 1. The molecule has 3 amide bonds. The van der Waals surface area contributed by atoms with Crippen molar-refractivity contribution in [3.8, 4) is 0 Å². The number of amides is 3. The van der Waals surface area contributed by atoms with Crippen LogP contribution >= 0.6 is 0 Å². The van der Waals surface area contributed by atoms with Crippen LogP contribution in [0.15, 0.2) is 46.5 Å². The van der Waals surface area contributed by atoms with Crippen LogP contribution in [0.4, 0.5) is 4.79 Å². The number of carbonyl (C=O) groups is 2. The molecule has 31 heavy (non-hydrogen) atoms. The fraction of sp³-hybridized carbons (Fsp3) is 0.542. The first kappa shape index (κ1) is 21.6. The zero-order chi connectivity index (χ0) is 22.2. The van der Waals surface area contributed by atoms with Crippen molar-refractivity contribution in [1.29, 1.82) is 0 Å². The van der Waals surface area contributed by atoms with E-state index in [1.165, 1.54) is 0 Å². The summed E-state index contributed by atoms with van der Waals surface area (Å²) in [4.78, 5) is 34.4. The highest BCUT2D eigenvalue weighted by molar-refractivity contribution is 6.11. The summed E-state index contributed by atoms with van der Waals surface area (Å²) in [5, 5.41) is 6.27. The second-order valence-electron chi connectivity index (χ2n) is 9.56. The number of hydrogen-bond acceptors (Lipinski definition) is 4. The van der Waals surface area contributed by atoms with E-state index in [4.69, 9.17) is 0 Å². The third-order valence-electron chi connectivity index (χ3n) is 6.79. The van der Waals surface area contributed by atoms with Crippen LogP contribution in [0, 0.1) is 5.92 Å². The first-order valence-electron chi connectivity index (χ1n) is 11.1. The third-order valence-corrected chi connectivity index (χ3v) is 6.79. The van der Waals surface area contributed by atoms with Crippen LogP contribution in [-0.4, -0.2) is 66.8 Å². The summed E-state index contributed by atoms with van der Waals surface area (Å²) >= 11 is 0. The normalized spacial score (nSPS) is 20.9. The van der Waals surface area contributed by atoms with Crippen molar-refractivity contribution in [1.82, 2.24) is 20.4 Å². The number of carbonyl (C=O) groups excluding carboxylic acids is 2. The predicted molar refractivity (Wildman–Crippen MR) is 122 cm³/mol. The maximum absolute atomic E-state index is 13.4. The molecular weight excluding hydrogens is 390 g/mol. The average molecular weight is 424 g/mol. The first-order valence-corrected chi connectivity index (χ1v) is 11.1. The molecule has 0 bridgehead atoms. The van der Waals surface area contributed by atoms with Gasteiger partial charge in [0.15, 0.2) is 0 Å². The van der Waals surface area contributed by atoms with Gasteiger partial charge < -0.3 is 20.4 Å². The van der Waals surface area contributed by atoms with Crippen LogP contribution in [0.2, 0.25) is 0 Å². The lowest BCUT2D eigenvalue weighted by atomic mass is 9.85. The lowest BCUT2D eigenvalue weighted by Gasteiger charge is -2.36. The van der Waals surface area contributed by atoms with Gasteiger partial charge in [0.2, 0.25) is 5.91 Å². The summed E-state index contributed by atoms with van der Waals surface area (Å²) in [7, 11) is 4.01. The molecule has 0 saturated heterocycles. The first-order chi connectivity index (χ1) is 14.8. The fourth-order valence-electron chi connectivity index (χ4n) is 4.59. The molecule has 7 heteroatoms. The van der Waals surface area contributed by atoms with Gasteiger partial charge in [-0.2, -0.15) is 0 Å². The second-order valence-corrected chi connectivity index (χ2v) is 9.56. The Labute approximate surface area is 184 Å². The molecule has 1 atom stereocenters. The summed E-state index contributed by atoms with van der Waals surface area (Å²) in [5.41, 5.74) is 2.75. The van der Waals surface area contributed by atoms with Crippen molar-refractivity contribution in [2.75, 3.05) is 33.7 Å². The standard InChI is InChI=1S/C24H33N5O2/c1-24(2)19-13-25-21(27-22(30)17-11-8-12-17)18(19)14-29(24)23(31)26-20(15-28(3)4)16-9-6-5-7-10-16/h5-7,9-10,17,20H,8,11-15H2,1-4H3,(H,26,31)(H,25,27,30)/t20-/m1/s1. The van der Waals surface area contributed by atoms with Gasteiger partial charge in [0.1, 0.15) is 5.84 Å². The van der Waals surface area contributed by atoms with Gasteiger partial charge >= 0.3 is 6.03 Å². The van der Waals surface area contributed by atoms with Gasteiger partial charge in [0, 0.05) is 18.0 Å². The van der Waals surface area contributed by atoms with E-state index in [2.05, 4.69) is 34.4 Å². The highest BCUT2D eigenvalue weighted by Crippen LogP contribution is 2.38. The van der Waals surface area contributed by atoms with Crippen LogP contribution in [0.3, 0.4) is 0 Å². The van der Waals surface area contributed by atoms with Crippen LogP contribution in [0.1, 0.15) is 44.7 Å². The molecule has 7 nitrogen and oxygen atoms in total. The summed E-state index contributed by atoms with van der Waals surface area (Å²) in [5.74, 6) is 0.830. The number of likely N-dealkylation sites (N-methyl/N-ethyl adjacent to an activating group) is 1. The Morgan fingerprint density at radius 3 is 2.55 bits per heavy atom. The number of nitrogens with zero attached hydrogens (tertiary/aromatic N) is 3. The fourth-order valence-corrected chi connectivity index (χ4v) is 4.59. The van der Waals surface area contributed by atoms with Gasteiger partial charge in [-0.05, 0) is 51.9 Å². The highest BCUT2D eigenvalue weighted by atomic mass is 16.2. The molecule has 4 rings (SSSR count). The Morgan fingerprint density at radius 2 is 1.94 bits per heavy atom. The van der Waals surface area contributed by atoms with E-state index in [0.717, 1.165) is 36.0 Å². The maximum Gasteiger partial charge on any atom is 0.318 e. The topological polar surface area (TPSA) is 77.0 Å². The third kappa shape index (κ3) is 4.24. The number of aliphatic imine (C=N–C) groups is 1. The van der Waals surface area contributed by atoms with Gasteiger partial charge in [0.05, 0.1) is 24.7 Å². The smallest absolute Gasteiger partial charge is 0.318 e. The SMILES string of the molecule is CN(C)C[C@@H](NC(=O)N1CC2=C(CN=C2NC(=O)C2CCC2)C1(C)C)c1ccccc1. The Hall–Kier alpha value is -2.67. The van der Waals surface area contributed by atoms with Crippen molar-refractivity contribution in [2.45, 2.75) is 44.7 Å². The van der Waals surface area contributed by atoms with E-state index >= 15 is 0 Å². The summed E-state index contributed by atoms with van der Waals surface area (Å²) in [6.45, 7) is 5.82. The Kier molecular flexibility index (Phi) is 5.88. The molecule has 1 fully saturated rings. The molecule has 1 saturated carbocycles. The largest absolute Gasteiger partial charge is 0.330 e. The summed E-state index contributed by atoms with van der Waals surface area (Å²) in [6.07, 6.45) is 3.03.